The number of aromatic nitrogens is 5. The second-order valence-electron chi connectivity index (χ2n) is 9.98. The number of hydrogen-bond donors (Lipinski definition) is 1. The molecule has 0 spiro atoms. The highest BCUT2D eigenvalue weighted by atomic mass is 16.5. The summed E-state index contributed by atoms with van der Waals surface area (Å²) in [6.07, 6.45) is 9.06. The van der Waals surface area contributed by atoms with Gasteiger partial charge in [-0.05, 0) is 72.5 Å². The normalized spacial score (nSPS) is 20.0. The number of pyridine rings is 1. The lowest BCUT2D eigenvalue weighted by Crippen LogP contribution is -2.39. The molecule has 3 heterocycles. The Labute approximate surface area is 200 Å². The lowest BCUT2D eigenvalue weighted by molar-refractivity contribution is 0.0828. The fourth-order valence-corrected chi connectivity index (χ4v) is 5.68. The lowest BCUT2D eigenvalue weighted by Gasteiger charge is -2.35. The number of aromatic amines is 1. The monoisotopic (exact) mass is 464 g/mol. The molecule has 1 saturated carbocycles. The fraction of sp³-hybridized carbons (Fsp3) is 0.615. The maximum absolute atomic E-state index is 13.1. The van der Waals surface area contributed by atoms with Gasteiger partial charge in [0.25, 0.3) is 5.56 Å². The van der Waals surface area contributed by atoms with E-state index in [1.807, 2.05) is 17.7 Å². The molecule has 1 aliphatic carbocycles. The van der Waals surface area contributed by atoms with Crippen molar-refractivity contribution in [2.24, 2.45) is 0 Å². The molecule has 2 aromatic heterocycles. The SMILES string of the molecule is CCC[C@@H](c1nnnn1C[C@H]1CCCO1)N(Cc1cc2ccc(C)cc2[nH]c1=O)C1CCCC1. The summed E-state index contributed by atoms with van der Waals surface area (Å²) in [5.74, 6) is 0.900. The summed E-state index contributed by atoms with van der Waals surface area (Å²) in [5.41, 5.74) is 2.84. The number of nitrogens with zero attached hydrogens (tertiary/aromatic N) is 5. The van der Waals surface area contributed by atoms with E-state index >= 15 is 0 Å². The van der Waals surface area contributed by atoms with Crippen LogP contribution in [0.1, 0.15) is 81.3 Å². The van der Waals surface area contributed by atoms with Crippen LogP contribution in [0.15, 0.2) is 29.1 Å². The molecule has 1 aliphatic heterocycles. The molecule has 1 N–H and O–H groups in total. The first-order valence-electron chi connectivity index (χ1n) is 12.9. The van der Waals surface area contributed by atoms with E-state index in [0.717, 1.165) is 73.0 Å². The summed E-state index contributed by atoms with van der Waals surface area (Å²) in [5, 5.41) is 14.0. The number of fused-ring (bicyclic) bond motifs is 1. The van der Waals surface area contributed by atoms with E-state index in [2.05, 4.69) is 50.5 Å². The van der Waals surface area contributed by atoms with E-state index in [0.29, 0.717) is 19.1 Å². The van der Waals surface area contributed by atoms with Crippen LogP contribution in [0.3, 0.4) is 0 Å². The van der Waals surface area contributed by atoms with Gasteiger partial charge in [-0.2, -0.15) is 0 Å². The standard InChI is InChI=1S/C26H36N6O2/c1-3-7-24(25-28-29-30-32(25)17-22-10-6-13-34-22)31(21-8-4-5-9-21)16-20-15-19-12-11-18(2)14-23(19)27-26(20)33/h11-12,14-15,21-22,24H,3-10,13,16-17H2,1-2H3,(H,27,33)/t22-,24+/m1/s1. The van der Waals surface area contributed by atoms with E-state index in [4.69, 9.17) is 4.74 Å². The van der Waals surface area contributed by atoms with Crippen molar-refractivity contribution in [3.63, 3.8) is 0 Å². The molecule has 34 heavy (non-hydrogen) atoms. The van der Waals surface area contributed by atoms with Gasteiger partial charge in [-0.15, -0.1) is 5.10 Å². The molecular weight excluding hydrogens is 428 g/mol. The molecule has 0 radical (unpaired) electrons. The molecule has 2 fully saturated rings. The largest absolute Gasteiger partial charge is 0.376 e. The first-order chi connectivity index (χ1) is 16.6. The van der Waals surface area contributed by atoms with Crippen molar-refractivity contribution in [1.29, 1.82) is 0 Å². The van der Waals surface area contributed by atoms with Gasteiger partial charge in [0.05, 0.1) is 18.7 Å². The zero-order chi connectivity index (χ0) is 23.5. The molecule has 2 aliphatic rings. The van der Waals surface area contributed by atoms with Crippen molar-refractivity contribution in [2.75, 3.05) is 6.61 Å². The summed E-state index contributed by atoms with van der Waals surface area (Å²) < 4.78 is 7.82. The van der Waals surface area contributed by atoms with Gasteiger partial charge in [-0.1, -0.05) is 38.3 Å². The maximum atomic E-state index is 13.1. The van der Waals surface area contributed by atoms with Crippen LogP contribution in [0, 0.1) is 6.92 Å². The van der Waals surface area contributed by atoms with Gasteiger partial charge in [-0.3, -0.25) is 9.69 Å². The third-order valence-corrected chi connectivity index (χ3v) is 7.45. The molecule has 0 unspecified atom stereocenters. The van der Waals surface area contributed by atoms with Crippen LogP contribution in [0.5, 0.6) is 0 Å². The number of nitrogens with one attached hydrogen (secondary N) is 1. The lowest BCUT2D eigenvalue weighted by atomic mass is 10.0. The van der Waals surface area contributed by atoms with Gasteiger partial charge in [0.2, 0.25) is 0 Å². The summed E-state index contributed by atoms with van der Waals surface area (Å²) in [6.45, 7) is 6.36. The van der Waals surface area contributed by atoms with Crippen LogP contribution >= 0.6 is 0 Å². The molecule has 1 aromatic carbocycles. The molecule has 2 atom stereocenters. The van der Waals surface area contributed by atoms with Crippen LogP contribution in [0.2, 0.25) is 0 Å². The van der Waals surface area contributed by atoms with Crippen molar-refractivity contribution in [3.05, 3.63) is 51.6 Å². The zero-order valence-corrected chi connectivity index (χ0v) is 20.4. The van der Waals surface area contributed by atoms with Crippen molar-refractivity contribution in [2.45, 2.75) is 96.5 Å². The zero-order valence-electron chi connectivity index (χ0n) is 20.4. The van der Waals surface area contributed by atoms with E-state index in [-0.39, 0.29) is 17.7 Å². The van der Waals surface area contributed by atoms with E-state index in [1.54, 1.807) is 0 Å². The van der Waals surface area contributed by atoms with E-state index in [9.17, 15) is 4.79 Å². The first kappa shape index (κ1) is 23.2. The number of aryl methyl sites for hydroxylation is 1. The van der Waals surface area contributed by atoms with Crippen LogP contribution in [-0.4, -0.2) is 48.8 Å². The van der Waals surface area contributed by atoms with Crippen molar-refractivity contribution < 1.29 is 4.74 Å². The number of tetrazole rings is 1. The summed E-state index contributed by atoms with van der Waals surface area (Å²) in [6, 6.07) is 8.78. The number of rotatable bonds is 9. The Kier molecular flexibility index (Phi) is 7.06. The van der Waals surface area contributed by atoms with Gasteiger partial charge in [0.15, 0.2) is 5.82 Å². The maximum Gasteiger partial charge on any atom is 0.252 e. The van der Waals surface area contributed by atoms with Gasteiger partial charge in [0, 0.05) is 30.3 Å². The number of H-pyrrole nitrogens is 1. The Bertz CT molecular complexity index is 1160. The number of benzene rings is 1. The quantitative estimate of drug-likeness (QED) is 0.508. The second kappa shape index (κ2) is 10.4. The Morgan fingerprint density at radius 2 is 2.06 bits per heavy atom. The summed E-state index contributed by atoms with van der Waals surface area (Å²) in [4.78, 5) is 18.7. The highest BCUT2D eigenvalue weighted by Crippen LogP contribution is 2.34. The molecule has 5 rings (SSSR count). The fourth-order valence-electron chi connectivity index (χ4n) is 5.68. The van der Waals surface area contributed by atoms with Crippen LogP contribution in [0.25, 0.3) is 10.9 Å². The minimum Gasteiger partial charge on any atom is -0.376 e. The number of ether oxygens (including phenoxy) is 1. The van der Waals surface area contributed by atoms with Gasteiger partial charge < -0.3 is 9.72 Å². The smallest absolute Gasteiger partial charge is 0.252 e. The van der Waals surface area contributed by atoms with E-state index in [1.165, 1.54) is 12.8 Å². The van der Waals surface area contributed by atoms with Crippen molar-refractivity contribution in [3.8, 4) is 0 Å². The minimum atomic E-state index is -0.00436. The predicted octanol–water partition coefficient (Wildman–Crippen LogP) is 4.29. The molecule has 3 aromatic rings. The van der Waals surface area contributed by atoms with Crippen LogP contribution in [-0.2, 0) is 17.8 Å². The number of hydrogen-bond acceptors (Lipinski definition) is 6. The second-order valence-corrected chi connectivity index (χ2v) is 9.98. The Morgan fingerprint density at radius 3 is 2.82 bits per heavy atom. The van der Waals surface area contributed by atoms with Gasteiger partial charge in [0.1, 0.15) is 0 Å². The summed E-state index contributed by atoms with van der Waals surface area (Å²) in [7, 11) is 0. The highest BCUT2D eigenvalue weighted by molar-refractivity contribution is 5.79. The predicted molar refractivity (Wildman–Crippen MR) is 132 cm³/mol. The van der Waals surface area contributed by atoms with Crippen LogP contribution in [0.4, 0.5) is 0 Å². The van der Waals surface area contributed by atoms with Gasteiger partial charge in [-0.25, -0.2) is 4.68 Å². The highest BCUT2D eigenvalue weighted by Gasteiger charge is 2.33. The van der Waals surface area contributed by atoms with E-state index < -0.39 is 0 Å². The first-order valence-corrected chi connectivity index (χ1v) is 12.9. The Morgan fingerprint density at radius 1 is 1.21 bits per heavy atom. The molecule has 0 bridgehead atoms. The third-order valence-electron chi connectivity index (χ3n) is 7.45. The molecular formula is C26H36N6O2. The van der Waals surface area contributed by atoms with Crippen LogP contribution < -0.4 is 5.56 Å². The topological polar surface area (TPSA) is 88.9 Å². The van der Waals surface area contributed by atoms with Crippen molar-refractivity contribution in [1.82, 2.24) is 30.1 Å². The molecule has 182 valence electrons. The molecule has 8 nitrogen and oxygen atoms in total. The average molecular weight is 465 g/mol. The average Bonchev–Trinajstić information content (AvgIpc) is 3.60. The Hall–Kier alpha value is -2.58. The summed E-state index contributed by atoms with van der Waals surface area (Å²) >= 11 is 0. The van der Waals surface area contributed by atoms with Crippen molar-refractivity contribution >= 4 is 10.9 Å². The molecule has 8 heteroatoms. The minimum absolute atomic E-state index is 0.00436. The molecule has 1 saturated heterocycles. The molecule has 0 amide bonds. The third kappa shape index (κ3) is 4.93. The Balaban J connectivity index is 1.49. The van der Waals surface area contributed by atoms with Gasteiger partial charge >= 0.3 is 0 Å².